The molecule has 0 fully saturated rings. The van der Waals surface area contributed by atoms with Gasteiger partial charge in [0.05, 0.1) is 11.6 Å². The highest BCUT2D eigenvalue weighted by Crippen LogP contribution is 2.30. The molecule has 124 valence electrons. The van der Waals surface area contributed by atoms with Crippen molar-refractivity contribution >= 4 is 0 Å². The summed E-state index contributed by atoms with van der Waals surface area (Å²) in [6, 6.07) is 13.7. The minimum absolute atomic E-state index is 0.210. The van der Waals surface area contributed by atoms with Gasteiger partial charge in [0, 0.05) is 5.56 Å². The summed E-state index contributed by atoms with van der Waals surface area (Å²) < 4.78 is 42.9. The molecule has 0 radical (unpaired) electrons. The van der Waals surface area contributed by atoms with E-state index in [-0.39, 0.29) is 11.7 Å². The van der Waals surface area contributed by atoms with E-state index in [4.69, 9.17) is 10.3 Å². The van der Waals surface area contributed by atoms with Crippen molar-refractivity contribution in [3.05, 3.63) is 71.6 Å². The van der Waals surface area contributed by atoms with Crippen molar-refractivity contribution in [2.24, 2.45) is 5.73 Å². The van der Waals surface area contributed by atoms with Crippen LogP contribution in [0.1, 0.15) is 23.1 Å². The van der Waals surface area contributed by atoms with Gasteiger partial charge in [-0.1, -0.05) is 47.6 Å². The van der Waals surface area contributed by atoms with Gasteiger partial charge in [0.15, 0.2) is 0 Å². The highest BCUT2D eigenvalue weighted by Gasteiger charge is 2.30. The molecule has 0 bridgehead atoms. The van der Waals surface area contributed by atoms with Gasteiger partial charge in [-0.3, -0.25) is 0 Å². The Bertz CT molecular complexity index is 798. The number of rotatable bonds is 4. The van der Waals surface area contributed by atoms with Crippen molar-refractivity contribution in [2.75, 3.05) is 0 Å². The van der Waals surface area contributed by atoms with E-state index in [1.165, 1.54) is 12.1 Å². The number of hydrogen-bond donors (Lipinski definition) is 1. The van der Waals surface area contributed by atoms with Gasteiger partial charge < -0.3 is 10.3 Å². The standard InChI is InChI=1S/C17H14F3N3O/c18-17(19,20)13-8-6-12(7-9-13)15-22-16(24-23-15)14(21)10-11-4-2-1-3-5-11/h1-9,14H,10,21H2. The predicted octanol–water partition coefficient (Wildman–Crippen LogP) is 4.00. The predicted molar refractivity (Wildman–Crippen MR) is 81.8 cm³/mol. The first-order valence-electron chi connectivity index (χ1n) is 7.24. The lowest BCUT2D eigenvalue weighted by molar-refractivity contribution is -0.137. The first-order valence-corrected chi connectivity index (χ1v) is 7.24. The molecule has 2 aromatic carbocycles. The SMILES string of the molecule is NC(Cc1ccccc1)c1nc(-c2ccc(C(F)(F)F)cc2)no1. The van der Waals surface area contributed by atoms with Gasteiger partial charge >= 0.3 is 6.18 Å². The largest absolute Gasteiger partial charge is 0.416 e. The molecular weight excluding hydrogens is 319 g/mol. The highest BCUT2D eigenvalue weighted by molar-refractivity contribution is 5.54. The molecule has 24 heavy (non-hydrogen) atoms. The lowest BCUT2D eigenvalue weighted by atomic mass is 10.1. The maximum atomic E-state index is 12.6. The molecule has 0 saturated heterocycles. The fraction of sp³-hybridized carbons (Fsp3) is 0.176. The Labute approximate surface area is 136 Å². The van der Waals surface area contributed by atoms with Gasteiger partial charge in [0.25, 0.3) is 0 Å². The van der Waals surface area contributed by atoms with Gasteiger partial charge in [0.2, 0.25) is 11.7 Å². The lowest BCUT2D eigenvalue weighted by Gasteiger charge is -2.06. The Morgan fingerprint density at radius 1 is 1.00 bits per heavy atom. The van der Waals surface area contributed by atoms with E-state index in [0.717, 1.165) is 17.7 Å². The Hall–Kier alpha value is -2.67. The average Bonchev–Trinajstić information content (AvgIpc) is 3.05. The Morgan fingerprint density at radius 3 is 2.29 bits per heavy atom. The molecule has 1 aromatic heterocycles. The molecule has 0 aliphatic carbocycles. The molecular formula is C17H14F3N3O. The molecule has 3 aromatic rings. The number of aromatic nitrogens is 2. The molecule has 0 saturated carbocycles. The van der Waals surface area contributed by atoms with Crippen LogP contribution in [0.4, 0.5) is 13.2 Å². The fourth-order valence-corrected chi connectivity index (χ4v) is 2.27. The average molecular weight is 333 g/mol. The van der Waals surface area contributed by atoms with E-state index < -0.39 is 17.8 Å². The zero-order valence-corrected chi connectivity index (χ0v) is 12.5. The van der Waals surface area contributed by atoms with Gasteiger partial charge in [-0.2, -0.15) is 18.2 Å². The molecule has 0 amide bonds. The number of hydrogen-bond acceptors (Lipinski definition) is 4. The van der Waals surface area contributed by atoms with E-state index in [0.29, 0.717) is 12.0 Å². The van der Waals surface area contributed by atoms with Crippen LogP contribution in [0.15, 0.2) is 59.1 Å². The summed E-state index contributed by atoms with van der Waals surface area (Å²) in [5, 5.41) is 3.79. The summed E-state index contributed by atoms with van der Waals surface area (Å²) in [4.78, 5) is 4.18. The quantitative estimate of drug-likeness (QED) is 0.784. The van der Waals surface area contributed by atoms with Crippen molar-refractivity contribution in [1.29, 1.82) is 0 Å². The lowest BCUT2D eigenvalue weighted by Crippen LogP contribution is -2.13. The minimum atomic E-state index is -4.38. The van der Waals surface area contributed by atoms with E-state index in [2.05, 4.69) is 10.1 Å². The van der Waals surface area contributed by atoms with Gasteiger partial charge in [-0.25, -0.2) is 0 Å². The molecule has 0 aliphatic heterocycles. The van der Waals surface area contributed by atoms with Crippen LogP contribution in [0.3, 0.4) is 0 Å². The van der Waals surface area contributed by atoms with E-state index in [1.54, 1.807) is 0 Å². The monoisotopic (exact) mass is 333 g/mol. The highest BCUT2D eigenvalue weighted by atomic mass is 19.4. The second-order valence-electron chi connectivity index (χ2n) is 5.33. The third-order valence-electron chi connectivity index (χ3n) is 3.53. The molecule has 1 heterocycles. The van der Waals surface area contributed by atoms with Crippen molar-refractivity contribution in [3.63, 3.8) is 0 Å². The summed E-state index contributed by atoms with van der Waals surface area (Å²) in [5.74, 6) is 0.455. The van der Waals surface area contributed by atoms with Crippen LogP contribution >= 0.6 is 0 Å². The second kappa shape index (κ2) is 6.45. The van der Waals surface area contributed by atoms with Crippen molar-refractivity contribution in [1.82, 2.24) is 10.1 Å². The van der Waals surface area contributed by atoms with E-state index >= 15 is 0 Å². The van der Waals surface area contributed by atoms with Crippen LogP contribution in [0.5, 0.6) is 0 Å². The Morgan fingerprint density at radius 2 is 1.67 bits per heavy atom. The molecule has 2 N–H and O–H groups in total. The maximum Gasteiger partial charge on any atom is 0.416 e. The van der Waals surface area contributed by atoms with Crippen LogP contribution in [-0.2, 0) is 12.6 Å². The Kier molecular flexibility index (Phi) is 4.35. The third-order valence-corrected chi connectivity index (χ3v) is 3.53. The van der Waals surface area contributed by atoms with Crippen molar-refractivity contribution in [3.8, 4) is 11.4 Å². The molecule has 0 aliphatic rings. The first kappa shape index (κ1) is 16.2. The molecule has 7 heteroatoms. The number of benzene rings is 2. The fourth-order valence-electron chi connectivity index (χ4n) is 2.27. The zero-order chi connectivity index (χ0) is 17.2. The molecule has 1 unspecified atom stereocenters. The molecule has 4 nitrogen and oxygen atoms in total. The number of nitrogens with two attached hydrogens (primary N) is 1. The summed E-state index contributed by atoms with van der Waals surface area (Å²) >= 11 is 0. The summed E-state index contributed by atoms with van der Waals surface area (Å²) in [6.45, 7) is 0. The van der Waals surface area contributed by atoms with E-state index in [9.17, 15) is 13.2 Å². The van der Waals surface area contributed by atoms with Crippen LogP contribution < -0.4 is 5.73 Å². The third kappa shape index (κ3) is 3.62. The van der Waals surface area contributed by atoms with Crippen molar-refractivity contribution in [2.45, 2.75) is 18.6 Å². The smallest absolute Gasteiger partial charge is 0.337 e. The van der Waals surface area contributed by atoms with Gasteiger partial charge in [-0.15, -0.1) is 0 Å². The first-order chi connectivity index (χ1) is 11.4. The summed E-state index contributed by atoms with van der Waals surface area (Å²) in [5.41, 5.74) is 6.79. The summed E-state index contributed by atoms with van der Waals surface area (Å²) in [7, 11) is 0. The zero-order valence-electron chi connectivity index (χ0n) is 12.5. The van der Waals surface area contributed by atoms with Crippen LogP contribution in [-0.4, -0.2) is 10.1 Å². The Balaban J connectivity index is 1.75. The maximum absolute atomic E-state index is 12.6. The van der Waals surface area contributed by atoms with Gasteiger partial charge in [0.1, 0.15) is 0 Å². The minimum Gasteiger partial charge on any atom is -0.337 e. The number of alkyl halides is 3. The molecule has 0 spiro atoms. The topological polar surface area (TPSA) is 64.9 Å². The number of halogens is 3. The molecule has 1 atom stereocenters. The van der Waals surface area contributed by atoms with Crippen molar-refractivity contribution < 1.29 is 17.7 Å². The van der Waals surface area contributed by atoms with Crippen LogP contribution in [0.25, 0.3) is 11.4 Å². The van der Waals surface area contributed by atoms with E-state index in [1.807, 2.05) is 30.3 Å². The van der Waals surface area contributed by atoms with Crippen LogP contribution in [0, 0.1) is 0 Å². The second-order valence-corrected chi connectivity index (χ2v) is 5.33. The molecule has 3 rings (SSSR count). The summed E-state index contributed by atoms with van der Waals surface area (Å²) in [6.07, 6.45) is -3.85. The van der Waals surface area contributed by atoms with Crippen LogP contribution in [0.2, 0.25) is 0 Å². The number of nitrogens with zero attached hydrogens (tertiary/aromatic N) is 2. The van der Waals surface area contributed by atoms with Gasteiger partial charge in [-0.05, 0) is 24.1 Å². The normalized spacial score (nSPS) is 13.0.